The molecule has 1 fully saturated rings. The molecule has 3 nitrogen and oxygen atoms in total. The Hall–Kier alpha value is -0.610. The van der Waals surface area contributed by atoms with Crippen LogP contribution in [0.5, 0.6) is 0 Å². The van der Waals surface area contributed by atoms with Crippen LogP contribution in [-0.2, 0) is 13.0 Å². The van der Waals surface area contributed by atoms with Crippen molar-refractivity contribution in [1.29, 1.82) is 0 Å². The quantitative estimate of drug-likeness (QED) is 0.798. The first-order valence-corrected chi connectivity index (χ1v) is 7.20. The third kappa shape index (κ3) is 4.45. The van der Waals surface area contributed by atoms with E-state index in [2.05, 4.69) is 23.8 Å². The van der Waals surface area contributed by atoms with Crippen LogP contribution in [0, 0.1) is 0 Å². The lowest BCUT2D eigenvalue weighted by atomic mass is 10.0. The molecule has 1 aromatic rings. The molecule has 0 spiro atoms. The summed E-state index contributed by atoms with van der Waals surface area (Å²) in [4.78, 5) is 16.0. The standard InChI is InChI=1S/C15H21ClN2O.ClH/c1-3-12-10-13(15(16)19)4-5-14(12)11-18-8-6-17(2)7-9-18;/h4-5,10H,3,6-9,11H2,1-2H3;1H. The molecule has 1 saturated heterocycles. The fraction of sp³-hybridized carbons (Fsp3) is 0.533. The van der Waals surface area contributed by atoms with Gasteiger partial charge in [-0.1, -0.05) is 13.0 Å². The SMILES string of the molecule is CCc1cc(C(=O)Cl)ccc1CN1CCN(C)CC1.Cl. The Labute approximate surface area is 132 Å². The number of benzene rings is 1. The Morgan fingerprint density at radius 2 is 1.85 bits per heavy atom. The summed E-state index contributed by atoms with van der Waals surface area (Å²) in [6.45, 7) is 7.55. The second-order valence-corrected chi connectivity index (χ2v) is 5.53. The third-order valence-electron chi connectivity index (χ3n) is 3.80. The first-order valence-electron chi connectivity index (χ1n) is 6.82. The van der Waals surface area contributed by atoms with Gasteiger partial charge in [0.05, 0.1) is 0 Å². The van der Waals surface area contributed by atoms with Crippen LogP contribution in [-0.4, -0.2) is 48.3 Å². The summed E-state index contributed by atoms with van der Waals surface area (Å²) in [5.41, 5.74) is 3.14. The monoisotopic (exact) mass is 316 g/mol. The summed E-state index contributed by atoms with van der Waals surface area (Å²) in [6, 6.07) is 5.81. The van der Waals surface area contributed by atoms with E-state index >= 15 is 0 Å². The minimum absolute atomic E-state index is 0. The van der Waals surface area contributed by atoms with Crippen molar-refractivity contribution in [3.8, 4) is 0 Å². The van der Waals surface area contributed by atoms with E-state index in [4.69, 9.17) is 11.6 Å². The van der Waals surface area contributed by atoms with Gasteiger partial charge in [-0.25, -0.2) is 0 Å². The molecule has 0 unspecified atom stereocenters. The smallest absolute Gasteiger partial charge is 0.252 e. The average Bonchev–Trinajstić information content (AvgIpc) is 2.41. The van der Waals surface area contributed by atoms with Crippen LogP contribution < -0.4 is 0 Å². The van der Waals surface area contributed by atoms with Gasteiger partial charge in [-0.05, 0) is 48.3 Å². The highest BCUT2D eigenvalue weighted by atomic mass is 35.5. The predicted octanol–water partition coefficient (Wildman–Crippen LogP) is 2.80. The number of carbonyl (C=O) groups excluding carboxylic acids is 1. The number of hydrogen-bond acceptors (Lipinski definition) is 3. The van der Waals surface area contributed by atoms with Crippen molar-refractivity contribution in [2.45, 2.75) is 19.9 Å². The molecule has 0 saturated carbocycles. The topological polar surface area (TPSA) is 23.6 Å². The molecule has 0 radical (unpaired) electrons. The zero-order chi connectivity index (χ0) is 13.8. The molecule has 1 aliphatic rings. The summed E-state index contributed by atoms with van der Waals surface area (Å²) in [6.07, 6.45) is 0.932. The third-order valence-corrected chi connectivity index (χ3v) is 4.02. The summed E-state index contributed by atoms with van der Waals surface area (Å²) >= 11 is 5.54. The summed E-state index contributed by atoms with van der Waals surface area (Å²) in [5.74, 6) is 0. The lowest BCUT2D eigenvalue weighted by Gasteiger charge is -2.32. The van der Waals surface area contributed by atoms with Crippen LogP contribution in [0.25, 0.3) is 0 Å². The average molecular weight is 317 g/mol. The molecule has 0 bridgehead atoms. The Morgan fingerprint density at radius 3 is 2.40 bits per heavy atom. The number of aryl methyl sites for hydroxylation is 1. The Bertz CT molecular complexity index is 457. The maximum Gasteiger partial charge on any atom is 0.252 e. The lowest BCUT2D eigenvalue weighted by molar-refractivity contribution is 0.108. The maximum atomic E-state index is 11.2. The normalized spacial score (nSPS) is 16.8. The van der Waals surface area contributed by atoms with Crippen molar-refractivity contribution < 1.29 is 4.79 Å². The maximum absolute atomic E-state index is 11.2. The van der Waals surface area contributed by atoms with E-state index < -0.39 is 0 Å². The molecule has 1 aliphatic heterocycles. The number of rotatable bonds is 4. The Morgan fingerprint density at radius 1 is 1.20 bits per heavy atom. The number of halogens is 2. The van der Waals surface area contributed by atoms with Crippen molar-refractivity contribution in [1.82, 2.24) is 9.80 Å². The number of hydrogen-bond donors (Lipinski definition) is 0. The molecule has 0 aromatic heterocycles. The first-order chi connectivity index (χ1) is 9.10. The summed E-state index contributed by atoms with van der Waals surface area (Å²) in [5, 5.41) is -0.374. The van der Waals surface area contributed by atoms with Gasteiger partial charge < -0.3 is 4.90 Å². The van der Waals surface area contributed by atoms with Gasteiger partial charge in [0.15, 0.2) is 0 Å². The summed E-state index contributed by atoms with van der Waals surface area (Å²) < 4.78 is 0. The zero-order valence-corrected chi connectivity index (χ0v) is 13.6. The molecule has 2 rings (SSSR count). The van der Waals surface area contributed by atoms with E-state index in [1.54, 1.807) is 0 Å². The van der Waals surface area contributed by atoms with E-state index in [-0.39, 0.29) is 17.6 Å². The number of nitrogens with zero attached hydrogens (tertiary/aromatic N) is 2. The minimum atomic E-state index is -0.374. The second kappa shape index (κ2) is 7.99. The van der Waals surface area contributed by atoms with Crippen molar-refractivity contribution in [3.63, 3.8) is 0 Å². The van der Waals surface area contributed by atoms with E-state index in [0.29, 0.717) is 5.56 Å². The van der Waals surface area contributed by atoms with Crippen molar-refractivity contribution >= 4 is 29.3 Å². The molecule has 112 valence electrons. The predicted molar refractivity (Wildman–Crippen MR) is 86.0 cm³/mol. The fourth-order valence-electron chi connectivity index (χ4n) is 2.48. The molecular formula is C15H22Cl2N2O. The van der Waals surface area contributed by atoms with Gasteiger partial charge in [-0.3, -0.25) is 9.69 Å². The molecule has 20 heavy (non-hydrogen) atoms. The van der Waals surface area contributed by atoms with Gasteiger partial charge in [0, 0.05) is 38.3 Å². The van der Waals surface area contributed by atoms with Crippen molar-refractivity contribution in [2.24, 2.45) is 0 Å². The molecule has 5 heteroatoms. The highest BCUT2D eigenvalue weighted by Crippen LogP contribution is 2.17. The Kier molecular flexibility index (Phi) is 6.96. The molecule has 1 aromatic carbocycles. The molecular weight excluding hydrogens is 295 g/mol. The largest absolute Gasteiger partial charge is 0.304 e. The molecule has 0 aliphatic carbocycles. The van der Waals surface area contributed by atoms with E-state index in [9.17, 15) is 4.79 Å². The van der Waals surface area contributed by atoms with Gasteiger partial charge in [-0.15, -0.1) is 12.4 Å². The minimum Gasteiger partial charge on any atom is -0.304 e. The Balaban J connectivity index is 0.00000200. The van der Waals surface area contributed by atoms with Gasteiger partial charge in [0.1, 0.15) is 0 Å². The van der Waals surface area contributed by atoms with E-state index in [1.807, 2.05) is 18.2 Å². The highest BCUT2D eigenvalue weighted by Gasteiger charge is 2.15. The fourth-order valence-corrected chi connectivity index (χ4v) is 2.60. The van der Waals surface area contributed by atoms with Crippen LogP contribution in [0.3, 0.4) is 0 Å². The molecule has 0 amide bonds. The number of likely N-dealkylation sites (N-methyl/N-ethyl adjacent to an activating group) is 1. The molecule has 0 N–H and O–H groups in total. The van der Waals surface area contributed by atoms with E-state index in [0.717, 1.165) is 39.1 Å². The molecule has 1 heterocycles. The highest BCUT2D eigenvalue weighted by molar-refractivity contribution is 6.67. The number of piperazine rings is 1. The summed E-state index contributed by atoms with van der Waals surface area (Å²) in [7, 11) is 2.16. The van der Waals surface area contributed by atoms with Gasteiger partial charge in [0.2, 0.25) is 0 Å². The van der Waals surface area contributed by atoms with E-state index in [1.165, 1.54) is 11.1 Å². The number of carbonyl (C=O) groups is 1. The lowest BCUT2D eigenvalue weighted by Crippen LogP contribution is -2.44. The van der Waals surface area contributed by atoms with Gasteiger partial charge >= 0.3 is 0 Å². The van der Waals surface area contributed by atoms with Crippen LogP contribution >= 0.6 is 24.0 Å². The van der Waals surface area contributed by atoms with Crippen LogP contribution in [0.15, 0.2) is 18.2 Å². The van der Waals surface area contributed by atoms with Gasteiger partial charge in [0.25, 0.3) is 5.24 Å². The van der Waals surface area contributed by atoms with Crippen molar-refractivity contribution in [2.75, 3.05) is 33.2 Å². The van der Waals surface area contributed by atoms with Crippen molar-refractivity contribution in [3.05, 3.63) is 34.9 Å². The van der Waals surface area contributed by atoms with Crippen LogP contribution in [0.2, 0.25) is 0 Å². The zero-order valence-electron chi connectivity index (χ0n) is 12.1. The van der Waals surface area contributed by atoms with Crippen LogP contribution in [0.1, 0.15) is 28.4 Å². The molecule has 0 atom stereocenters. The first kappa shape index (κ1) is 17.4. The van der Waals surface area contributed by atoms with Gasteiger partial charge in [-0.2, -0.15) is 0 Å². The van der Waals surface area contributed by atoms with Crippen LogP contribution in [0.4, 0.5) is 0 Å². The second-order valence-electron chi connectivity index (χ2n) is 5.19.